The van der Waals surface area contributed by atoms with Gasteiger partial charge in [-0.05, 0) is 47.0 Å². The van der Waals surface area contributed by atoms with Gasteiger partial charge in [0.2, 0.25) is 5.82 Å². The number of aromatic amines is 1. The van der Waals surface area contributed by atoms with Gasteiger partial charge in [-0.3, -0.25) is 14.3 Å². The molecule has 3 aromatic carbocycles. The number of hydrogen-bond donors (Lipinski definition) is 1. The largest absolute Gasteiger partial charge is 0.497 e. The smallest absolute Gasteiger partial charge is 0.330 e. The number of alkyl halides is 1. The molecule has 0 aliphatic carbocycles. The lowest BCUT2D eigenvalue weighted by Crippen LogP contribution is -2.47. The van der Waals surface area contributed by atoms with E-state index in [-0.39, 0.29) is 11.6 Å². The predicted molar refractivity (Wildman–Crippen MR) is 179 cm³/mol. The summed E-state index contributed by atoms with van der Waals surface area (Å²) in [6.07, 6.45) is -1.99. The van der Waals surface area contributed by atoms with E-state index < -0.39 is 54.8 Å². The summed E-state index contributed by atoms with van der Waals surface area (Å²) >= 11 is 7.21. The number of ether oxygens (including phenoxy) is 3. The van der Waals surface area contributed by atoms with Crippen LogP contribution in [-0.4, -0.2) is 49.2 Å². The molecule has 1 aromatic heterocycles. The van der Waals surface area contributed by atoms with Gasteiger partial charge in [0, 0.05) is 0 Å². The minimum Gasteiger partial charge on any atom is -0.497 e. The fourth-order valence-electron chi connectivity index (χ4n) is 5.43. The Bertz CT molecular complexity index is 1700. The molecule has 0 amide bonds. The number of benzene rings is 3. The molecule has 5 rings (SSSR count). The number of H-pyrrole nitrogens is 1. The van der Waals surface area contributed by atoms with Crippen molar-refractivity contribution in [3.05, 3.63) is 134 Å². The molecule has 1 aliphatic heterocycles. The van der Waals surface area contributed by atoms with Crippen LogP contribution in [0.1, 0.15) is 43.7 Å². The third-order valence-electron chi connectivity index (χ3n) is 9.05. The summed E-state index contributed by atoms with van der Waals surface area (Å²) in [6, 6.07) is 27.2. The van der Waals surface area contributed by atoms with Crippen LogP contribution in [0.3, 0.4) is 0 Å². The molecule has 0 saturated carbocycles. The van der Waals surface area contributed by atoms with E-state index in [0.29, 0.717) is 5.75 Å². The van der Waals surface area contributed by atoms with Gasteiger partial charge in [-0.2, -0.15) is 4.39 Å². The average Bonchev–Trinajstić information content (AvgIpc) is 3.35. The first-order valence-electron chi connectivity index (χ1n) is 15.2. The van der Waals surface area contributed by atoms with Gasteiger partial charge < -0.3 is 18.6 Å². The molecule has 4 atom stereocenters. The number of nitrogens with zero attached hydrogens (tertiary/aromatic N) is 1. The van der Waals surface area contributed by atoms with Crippen LogP contribution in [0.4, 0.5) is 4.39 Å². The van der Waals surface area contributed by atoms with Crippen LogP contribution in [0.2, 0.25) is 18.1 Å². The maximum absolute atomic E-state index is 14.5. The van der Waals surface area contributed by atoms with Crippen molar-refractivity contribution in [3.8, 4) is 5.75 Å². The lowest BCUT2D eigenvalue weighted by molar-refractivity contribution is -0.0975. The standard InChI is InChI=1S/C35H40ClFN2O6Si/c1-34(2,3)46(5,6)43-22-28-30(29(36)32(44-28)39-21-27(37)31(40)38-33(39)41)45-35(23-13-9-7-10-14-23,24-15-11-8-12-16-24)25-17-19-26(42-4)20-18-25/h7-21,28-30,32H,22H2,1-6H3,(H,38,40,41)/t28-,29+,30-,32-/m1/s1. The molecule has 1 fully saturated rings. The van der Waals surface area contributed by atoms with E-state index in [4.69, 9.17) is 30.2 Å². The molecule has 1 aliphatic rings. The second-order valence-electron chi connectivity index (χ2n) is 12.9. The van der Waals surface area contributed by atoms with Crippen molar-refractivity contribution in [3.63, 3.8) is 0 Å². The molecule has 0 bridgehead atoms. The molecule has 0 unspecified atom stereocenters. The number of hydrogen-bond acceptors (Lipinski definition) is 6. The van der Waals surface area contributed by atoms with Gasteiger partial charge in [0.25, 0.3) is 5.56 Å². The monoisotopic (exact) mass is 666 g/mol. The summed E-state index contributed by atoms with van der Waals surface area (Å²) in [5, 5.41) is -1.09. The number of aromatic nitrogens is 2. The second kappa shape index (κ2) is 13.3. The SMILES string of the molecule is COc1ccc(C(O[C@H]2[C@H](Cl)[C@H](n3cc(F)c(=O)[nH]c3=O)O[C@@H]2CO[Si](C)(C)C(C)(C)C)(c2ccccc2)c2ccccc2)cc1. The van der Waals surface area contributed by atoms with Crippen molar-refractivity contribution < 1.29 is 23.0 Å². The quantitative estimate of drug-likeness (QED) is 0.117. The van der Waals surface area contributed by atoms with E-state index in [1.165, 1.54) is 0 Å². The average molecular weight is 667 g/mol. The van der Waals surface area contributed by atoms with Crippen LogP contribution in [0, 0.1) is 5.82 Å². The molecule has 2 heterocycles. The minimum absolute atomic E-state index is 0.0956. The number of nitrogens with one attached hydrogen (secondary N) is 1. The highest BCUT2D eigenvalue weighted by Crippen LogP contribution is 2.47. The number of methoxy groups -OCH3 is 1. The van der Waals surface area contributed by atoms with Crippen LogP contribution in [0.25, 0.3) is 0 Å². The molecular formula is C35H40ClFN2O6Si. The van der Waals surface area contributed by atoms with Gasteiger partial charge in [-0.25, -0.2) is 4.79 Å². The van der Waals surface area contributed by atoms with Crippen molar-refractivity contribution in [2.24, 2.45) is 0 Å². The summed E-state index contributed by atoms with van der Waals surface area (Å²) < 4.78 is 41.3. The molecule has 46 heavy (non-hydrogen) atoms. The van der Waals surface area contributed by atoms with Crippen molar-refractivity contribution in [2.45, 2.75) is 68.3 Å². The van der Waals surface area contributed by atoms with Gasteiger partial charge in [-0.1, -0.05) is 93.6 Å². The second-order valence-corrected chi connectivity index (χ2v) is 18.3. The fourth-order valence-corrected chi connectivity index (χ4v) is 6.84. The first-order valence-corrected chi connectivity index (χ1v) is 18.5. The molecule has 0 radical (unpaired) electrons. The lowest BCUT2D eigenvalue weighted by Gasteiger charge is -2.41. The minimum atomic E-state index is -2.28. The third kappa shape index (κ3) is 6.50. The Labute approximate surface area is 274 Å². The van der Waals surface area contributed by atoms with E-state index >= 15 is 0 Å². The molecule has 8 nitrogen and oxygen atoms in total. The van der Waals surface area contributed by atoms with Crippen LogP contribution in [0.5, 0.6) is 5.75 Å². The normalized spacial score (nSPS) is 20.5. The molecule has 1 N–H and O–H groups in total. The highest BCUT2D eigenvalue weighted by atomic mass is 35.5. The van der Waals surface area contributed by atoms with Gasteiger partial charge in [0.1, 0.15) is 28.9 Å². The third-order valence-corrected chi connectivity index (χ3v) is 14.0. The Morgan fingerprint density at radius 2 is 1.46 bits per heavy atom. The molecule has 11 heteroatoms. The predicted octanol–water partition coefficient (Wildman–Crippen LogP) is 6.59. The maximum Gasteiger partial charge on any atom is 0.330 e. The zero-order chi connectivity index (χ0) is 33.3. The topological polar surface area (TPSA) is 91.8 Å². The Balaban J connectivity index is 1.68. The Kier molecular flexibility index (Phi) is 9.77. The van der Waals surface area contributed by atoms with E-state index in [1.54, 1.807) is 7.11 Å². The van der Waals surface area contributed by atoms with Crippen LogP contribution < -0.4 is 16.0 Å². The summed E-state index contributed by atoms with van der Waals surface area (Å²) in [7, 11) is -0.675. The van der Waals surface area contributed by atoms with Crippen molar-refractivity contribution in [2.75, 3.05) is 13.7 Å². The first-order chi connectivity index (χ1) is 21.8. The van der Waals surface area contributed by atoms with E-state index in [2.05, 4.69) is 33.9 Å². The zero-order valence-corrected chi connectivity index (χ0v) is 28.6. The zero-order valence-electron chi connectivity index (χ0n) is 26.8. The fraction of sp³-hybridized carbons (Fsp3) is 0.371. The van der Waals surface area contributed by atoms with Gasteiger partial charge in [0.15, 0.2) is 14.5 Å². The van der Waals surface area contributed by atoms with E-state index in [9.17, 15) is 14.0 Å². The highest BCUT2D eigenvalue weighted by molar-refractivity contribution is 6.74. The molecular weight excluding hydrogens is 627 g/mol. The number of rotatable bonds is 10. The number of halogens is 2. The Hall–Kier alpha value is -3.54. The lowest BCUT2D eigenvalue weighted by atomic mass is 9.79. The van der Waals surface area contributed by atoms with E-state index in [1.807, 2.05) is 89.9 Å². The van der Waals surface area contributed by atoms with Gasteiger partial charge in [-0.15, -0.1) is 11.6 Å². The van der Waals surface area contributed by atoms with Crippen LogP contribution >= 0.6 is 11.6 Å². The van der Waals surface area contributed by atoms with E-state index in [0.717, 1.165) is 27.5 Å². The molecule has 0 spiro atoms. The highest BCUT2D eigenvalue weighted by Gasteiger charge is 2.52. The summed E-state index contributed by atoms with van der Waals surface area (Å²) in [5.41, 5.74) is -0.720. The van der Waals surface area contributed by atoms with Crippen molar-refractivity contribution in [1.82, 2.24) is 9.55 Å². The summed E-state index contributed by atoms with van der Waals surface area (Å²) in [4.78, 5) is 26.8. The molecule has 244 valence electrons. The molecule has 4 aromatic rings. The summed E-state index contributed by atoms with van der Waals surface area (Å²) in [6.45, 7) is 10.8. The Morgan fingerprint density at radius 3 is 1.98 bits per heavy atom. The Morgan fingerprint density at radius 1 is 0.913 bits per heavy atom. The van der Waals surface area contributed by atoms with Crippen LogP contribution in [0.15, 0.2) is 101 Å². The van der Waals surface area contributed by atoms with Gasteiger partial charge >= 0.3 is 5.69 Å². The maximum atomic E-state index is 14.5. The summed E-state index contributed by atoms with van der Waals surface area (Å²) in [5.74, 6) is -0.454. The molecule has 1 saturated heterocycles. The van der Waals surface area contributed by atoms with Crippen LogP contribution in [-0.2, 0) is 19.5 Å². The first kappa shape index (κ1) is 33.8. The van der Waals surface area contributed by atoms with Crippen molar-refractivity contribution in [1.29, 1.82) is 0 Å². The van der Waals surface area contributed by atoms with Gasteiger partial charge in [0.05, 0.1) is 19.9 Å². The van der Waals surface area contributed by atoms with Crippen molar-refractivity contribution >= 4 is 19.9 Å².